The summed E-state index contributed by atoms with van der Waals surface area (Å²) in [5.74, 6) is -2.63. The Hall–Kier alpha value is -2.63. The highest BCUT2D eigenvalue weighted by atomic mass is 32.2. The number of alkyl halides is 6. The van der Waals surface area contributed by atoms with Gasteiger partial charge in [-0.3, -0.25) is 0 Å². The van der Waals surface area contributed by atoms with Crippen molar-refractivity contribution in [2.45, 2.75) is 40.6 Å². The fourth-order valence-electron chi connectivity index (χ4n) is 4.37. The van der Waals surface area contributed by atoms with Gasteiger partial charge in [0.15, 0.2) is 0 Å². The number of rotatable bonds is 7. The van der Waals surface area contributed by atoms with E-state index in [9.17, 15) is 35.1 Å². The van der Waals surface area contributed by atoms with E-state index in [1.165, 1.54) is 23.9 Å². The van der Waals surface area contributed by atoms with Crippen LogP contribution in [-0.2, 0) is 21.7 Å². The van der Waals surface area contributed by atoms with E-state index in [0.717, 1.165) is 35.2 Å². The van der Waals surface area contributed by atoms with Crippen molar-refractivity contribution in [1.82, 2.24) is 5.32 Å². The number of ether oxygens (including phenoxy) is 1. The topological polar surface area (TPSA) is 21.3 Å². The number of thioether (sulfide) groups is 1. The molecule has 0 saturated carbocycles. The average molecular weight is 548 g/mol. The third-order valence-electron chi connectivity index (χ3n) is 6.28. The lowest BCUT2D eigenvalue weighted by Gasteiger charge is -2.38. The maximum absolute atomic E-state index is 14.2. The molecule has 1 saturated heterocycles. The molecule has 0 radical (unpaired) electrons. The summed E-state index contributed by atoms with van der Waals surface area (Å²) in [6, 6.07) is 15.5. The highest BCUT2D eigenvalue weighted by molar-refractivity contribution is 8.00. The van der Waals surface area contributed by atoms with Crippen molar-refractivity contribution in [3.8, 4) is 0 Å². The van der Waals surface area contributed by atoms with Crippen LogP contribution >= 0.6 is 11.8 Å². The molecule has 1 heterocycles. The zero-order chi connectivity index (χ0) is 26.9. The molecular weight excluding hydrogens is 526 g/mol. The average Bonchev–Trinajstić information content (AvgIpc) is 3.30. The summed E-state index contributed by atoms with van der Waals surface area (Å²) in [7, 11) is 0. The molecule has 1 fully saturated rings. The van der Waals surface area contributed by atoms with E-state index in [2.05, 4.69) is 10.1 Å². The second-order valence-electron chi connectivity index (χ2n) is 8.58. The van der Waals surface area contributed by atoms with Gasteiger partial charge in [-0.2, -0.15) is 26.3 Å². The molecule has 11 heteroatoms. The molecule has 2 nitrogen and oxygen atoms in total. The van der Waals surface area contributed by atoms with E-state index in [0.29, 0.717) is 25.1 Å². The maximum atomic E-state index is 14.2. The predicted molar refractivity (Wildman–Crippen MR) is 123 cm³/mol. The molecule has 0 bridgehead atoms. The van der Waals surface area contributed by atoms with E-state index in [1.54, 1.807) is 0 Å². The first-order chi connectivity index (χ1) is 17.4. The minimum Gasteiger partial charge on any atom is -0.349 e. The Morgan fingerprint density at radius 2 is 1.38 bits per heavy atom. The normalized spacial score (nSPS) is 18.8. The Balaban J connectivity index is 1.74. The second kappa shape index (κ2) is 10.3. The van der Waals surface area contributed by atoms with Gasteiger partial charge in [0.05, 0.1) is 11.4 Å². The van der Waals surface area contributed by atoms with Crippen LogP contribution in [0.5, 0.6) is 0 Å². The van der Waals surface area contributed by atoms with Crippen LogP contribution in [0, 0.1) is 11.6 Å². The molecule has 0 aliphatic carbocycles. The molecular formula is C26H21F8NOS. The minimum absolute atomic E-state index is 0.457. The molecule has 0 amide bonds. The minimum atomic E-state index is -5.99. The first-order valence-electron chi connectivity index (χ1n) is 11.2. The van der Waals surface area contributed by atoms with Gasteiger partial charge in [0.1, 0.15) is 11.6 Å². The van der Waals surface area contributed by atoms with E-state index in [4.69, 9.17) is 0 Å². The third-order valence-corrected chi connectivity index (χ3v) is 7.77. The zero-order valence-electron chi connectivity index (χ0n) is 19.1. The van der Waals surface area contributed by atoms with Gasteiger partial charge < -0.3 is 10.1 Å². The molecule has 1 aliphatic heterocycles. The SMILES string of the molecule is Fc1cccc(F)c1COC(c1ccc(C2(Sc3ccccc3)CCNC2)cc1)(C(F)(F)F)C(F)(F)F. The standard InChI is InChI=1S/C26H21F8NOS/c27-21-7-4-8-22(28)20(21)15-36-24(25(29,30)31,26(32,33)34)18-11-9-17(10-12-18)23(13-14-35-16-23)37-19-5-2-1-3-6-19/h1-12,35H,13-16H2. The number of hydrogen-bond acceptors (Lipinski definition) is 3. The van der Waals surface area contributed by atoms with Crippen LogP contribution in [0.15, 0.2) is 77.7 Å². The number of halogens is 8. The van der Waals surface area contributed by atoms with Crippen molar-refractivity contribution >= 4 is 11.8 Å². The third kappa shape index (κ3) is 5.21. The van der Waals surface area contributed by atoms with Crippen LogP contribution < -0.4 is 5.32 Å². The molecule has 4 rings (SSSR count). The van der Waals surface area contributed by atoms with E-state index >= 15 is 0 Å². The molecule has 1 aliphatic rings. The summed E-state index contributed by atoms with van der Waals surface area (Å²) in [6.45, 7) is -0.510. The molecule has 1 unspecified atom stereocenters. The van der Waals surface area contributed by atoms with Crippen molar-refractivity contribution in [1.29, 1.82) is 0 Å². The first-order valence-corrected chi connectivity index (χ1v) is 12.0. The van der Waals surface area contributed by atoms with Gasteiger partial charge in [0.25, 0.3) is 5.60 Å². The Labute approximate surface area is 212 Å². The summed E-state index contributed by atoms with van der Waals surface area (Å²) in [4.78, 5) is 0.894. The van der Waals surface area contributed by atoms with Gasteiger partial charge in [0, 0.05) is 22.6 Å². The molecule has 3 aromatic rings. The van der Waals surface area contributed by atoms with Crippen LogP contribution in [0.25, 0.3) is 0 Å². The van der Waals surface area contributed by atoms with Crippen LogP contribution in [-0.4, -0.2) is 25.4 Å². The fraction of sp³-hybridized carbons (Fsp3) is 0.308. The first kappa shape index (κ1) is 27.4. The van der Waals surface area contributed by atoms with Crippen molar-refractivity contribution in [3.05, 3.63) is 101 Å². The van der Waals surface area contributed by atoms with Crippen LogP contribution in [0.4, 0.5) is 35.1 Å². The molecule has 198 valence electrons. The number of hydrogen-bond donors (Lipinski definition) is 1. The Morgan fingerprint density at radius 1 is 0.784 bits per heavy atom. The molecule has 0 aromatic heterocycles. The van der Waals surface area contributed by atoms with Gasteiger partial charge in [-0.15, -0.1) is 11.8 Å². The Kier molecular flexibility index (Phi) is 7.60. The van der Waals surface area contributed by atoms with E-state index in [1.807, 2.05) is 30.3 Å². The molecule has 1 atom stereocenters. The largest absolute Gasteiger partial charge is 0.430 e. The van der Waals surface area contributed by atoms with Gasteiger partial charge in [-0.25, -0.2) is 8.78 Å². The van der Waals surface area contributed by atoms with Gasteiger partial charge >= 0.3 is 12.4 Å². The molecule has 1 N–H and O–H groups in total. The van der Waals surface area contributed by atoms with E-state index < -0.39 is 52.1 Å². The van der Waals surface area contributed by atoms with E-state index in [-0.39, 0.29) is 0 Å². The van der Waals surface area contributed by atoms with Gasteiger partial charge in [-0.1, -0.05) is 48.5 Å². The zero-order valence-corrected chi connectivity index (χ0v) is 19.9. The number of benzene rings is 3. The lowest BCUT2D eigenvalue weighted by atomic mass is 9.88. The van der Waals surface area contributed by atoms with Gasteiger partial charge in [0.2, 0.25) is 0 Å². The summed E-state index contributed by atoms with van der Waals surface area (Å²) in [5.41, 5.74) is -6.54. The van der Waals surface area contributed by atoms with Crippen molar-refractivity contribution in [3.63, 3.8) is 0 Å². The molecule has 3 aromatic carbocycles. The van der Waals surface area contributed by atoms with Crippen LogP contribution in [0.3, 0.4) is 0 Å². The highest BCUT2D eigenvalue weighted by Gasteiger charge is 2.73. The molecule has 37 heavy (non-hydrogen) atoms. The smallest absolute Gasteiger partial charge is 0.349 e. The number of nitrogens with one attached hydrogen (secondary N) is 1. The maximum Gasteiger partial charge on any atom is 0.430 e. The van der Waals surface area contributed by atoms with Crippen molar-refractivity contribution in [2.75, 3.05) is 13.1 Å². The monoisotopic (exact) mass is 547 g/mol. The second-order valence-corrected chi connectivity index (χ2v) is 10.0. The quantitative estimate of drug-likeness (QED) is 0.310. The van der Waals surface area contributed by atoms with Crippen molar-refractivity contribution in [2.24, 2.45) is 0 Å². The van der Waals surface area contributed by atoms with Gasteiger partial charge in [-0.05, 0) is 42.8 Å². The summed E-state index contributed by atoms with van der Waals surface area (Å²) < 4.78 is 117. The lowest BCUT2D eigenvalue weighted by molar-refractivity contribution is -0.392. The van der Waals surface area contributed by atoms with Crippen molar-refractivity contribution < 1.29 is 39.9 Å². The Morgan fingerprint density at radius 3 is 1.89 bits per heavy atom. The fourth-order valence-corrected chi connectivity index (χ4v) is 5.75. The summed E-state index contributed by atoms with van der Waals surface area (Å²) >= 11 is 1.47. The van der Waals surface area contributed by atoms with Crippen LogP contribution in [0.1, 0.15) is 23.1 Å². The highest BCUT2D eigenvalue weighted by Crippen LogP contribution is 2.54. The lowest BCUT2D eigenvalue weighted by Crippen LogP contribution is -2.56. The summed E-state index contributed by atoms with van der Waals surface area (Å²) in [5, 5.41) is 3.20. The van der Waals surface area contributed by atoms with Crippen LogP contribution in [0.2, 0.25) is 0 Å². The predicted octanol–water partition coefficient (Wildman–Crippen LogP) is 7.48. The Bertz CT molecular complexity index is 1170. The summed E-state index contributed by atoms with van der Waals surface area (Å²) in [6.07, 6.45) is -11.4. The molecule has 0 spiro atoms.